The van der Waals surface area contributed by atoms with Crippen LogP contribution in [0.25, 0.3) is 0 Å². The molecule has 0 saturated carbocycles. The quantitative estimate of drug-likeness (QED) is 0.831. The highest BCUT2D eigenvalue weighted by Gasteiger charge is 2.11. The van der Waals surface area contributed by atoms with E-state index in [1.54, 1.807) is 0 Å². The monoisotopic (exact) mass is 295 g/mol. The lowest BCUT2D eigenvalue weighted by Gasteiger charge is -2.15. The molecule has 0 spiro atoms. The fourth-order valence-electron chi connectivity index (χ4n) is 1.81. The summed E-state index contributed by atoms with van der Waals surface area (Å²) in [7, 11) is 4.02. The Hall–Kier alpha value is -0.970. The summed E-state index contributed by atoms with van der Waals surface area (Å²) in [5.41, 5.74) is 0. The zero-order chi connectivity index (χ0) is 13.7. The molecule has 1 unspecified atom stereocenters. The van der Waals surface area contributed by atoms with Gasteiger partial charge in [-0.2, -0.15) is 0 Å². The molecule has 19 heavy (non-hydrogen) atoms. The van der Waals surface area contributed by atoms with Gasteiger partial charge in [-0.05, 0) is 25.2 Å². The molecule has 0 bridgehead atoms. The molecule has 0 aliphatic carbocycles. The molecule has 5 heteroatoms. The molecule has 0 aliphatic heterocycles. The molecule has 2 rings (SSSR count). The summed E-state index contributed by atoms with van der Waals surface area (Å²) in [6, 6.07) is 8.36. The molecule has 1 aromatic heterocycles. The van der Waals surface area contributed by atoms with Crippen molar-refractivity contribution in [2.24, 2.45) is 7.05 Å². The largest absolute Gasteiger partial charge is 0.338 e. The predicted molar refractivity (Wildman–Crippen MR) is 81.9 cm³/mol. The Balaban J connectivity index is 1.91. The van der Waals surface area contributed by atoms with Crippen LogP contribution in [0, 0.1) is 0 Å². The molecule has 3 nitrogen and oxygen atoms in total. The van der Waals surface area contributed by atoms with Crippen molar-refractivity contribution in [1.82, 2.24) is 14.9 Å². The van der Waals surface area contributed by atoms with Crippen molar-refractivity contribution in [2.75, 3.05) is 12.8 Å². The van der Waals surface area contributed by atoms with Gasteiger partial charge in [-0.1, -0.05) is 17.7 Å². The number of aromatic nitrogens is 2. The Morgan fingerprint density at radius 2 is 2.32 bits per heavy atom. The van der Waals surface area contributed by atoms with Crippen molar-refractivity contribution < 1.29 is 0 Å². The van der Waals surface area contributed by atoms with E-state index in [2.05, 4.69) is 20.9 Å². The lowest BCUT2D eigenvalue weighted by Crippen LogP contribution is -2.31. The van der Waals surface area contributed by atoms with E-state index in [1.807, 2.05) is 56.5 Å². The van der Waals surface area contributed by atoms with E-state index in [9.17, 15) is 0 Å². The van der Waals surface area contributed by atoms with E-state index in [4.69, 9.17) is 11.6 Å². The van der Waals surface area contributed by atoms with Gasteiger partial charge in [0.1, 0.15) is 5.82 Å². The van der Waals surface area contributed by atoms with Crippen molar-refractivity contribution in [2.45, 2.75) is 17.4 Å². The number of likely N-dealkylation sites (N-methyl/N-ethyl adjacent to an activating group) is 1. The maximum Gasteiger partial charge on any atom is 0.109 e. The molecule has 1 aromatic carbocycles. The third-order valence-corrected chi connectivity index (χ3v) is 4.40. The Bertz CT molecular complexity index is 527. The molecule has 0 radical (unpaired) electrons. The first-order valence-electron chi connectivity index (χ1n) is 6.21. The molecule has 0 aliphatic rings. The summed E-state index contributed by atoms with van der Waals surface area (Å²) in [4.78, 5) is 5.57. The van der Waals surface area contributed by atoms with E-state index >= 15 is 0 Å². The Kier molecular flexibility index (Phi) is 5.31. The Labute approximate surface area is 123 Å². The number of hydrogen-bond donors (Lipinski definition) is 1. The van der Waals surface area contributed by atoms with Gasteiger partial charge in [0.05, 0.1) is 0 Å². The topological polar surface area (TPSA) is 29.9 Å². The van der Waals surface area contributed by atoms with E-state index in [1.165, 1.54) is 4.90 Å². The average molecular weight is 296 g/mol. The number of benzene rings is 1. The molecule has 0 amide bonds. The van der Waals surface area contributed by atoms with Gasteiger partial charge >= 0.3 is 0 Å². The van der Waals surface area contributed by atoms with Crippen LogP contribution in [0.3, 0.4) is 0 Å². The molecule has 1 atom stereocenters. The number of imidazole rings is 1. The van der Waals surface area contributed by atoms with Crippen molar-refractivity contribution >= 4 is 23.4 Å². The minimum atomic E-state index is 0.394. The summed E-state index contributed by atoms with van der Waals surface area (Å²) in [6.07, 6.45) is 4.74. The number of thioether (sulfide) groups is 1. The summed E-state index contributed by atoms with van der Waals surface area (Å²) in [5, 5.41) is 4.13. The second-order valence-electron chi connectivity index (χ2n) is 4.41. The lowest BCUT2D eigenvalue weighted by molar-refractivity contribution is 0.586. The third kappa shape index (κ3) is 4.27. The number of rotatable bonds is 6. The van der Waals surface area contributed by atoms with Crippen LogP contribution in [0.15, 0.2) is 41.6 Å². The molecular formula is C14H18ClN3S. The summed E-state index contributed by atoms with van der Waals surface area (Å²) in [5.74, 6) is 2.09. The Morgan fingerprint density at radius 1 is 1.47 bits per heavy atom. The fraction of sp³-hybridized carbons (Fsp3) is 0.357. The SMILES string of the molecule is CNC(CSc1cccc(Cl)c1)Cc1nccn1C. The van der Waals surface area contributed by atoms with Crippen LogP contribution in [0.4, 0.5) is 0 Å². The van der Waals surface area contributed by atoms with Crippen LogP contribution in [0.2, 0.25) is 5.02 Å². The number of nitrogens with one attached hydrogen (secondary N) is 1. The average Bonchev–Trinajstić information content (AvgIpc) is 2.80. The molecule has 1 heterocycles. The molecule has 0 fully saturated rings. The van der Waals surface area contributed by atoms with Gasteiger partial charge in [0, 0.05) is 47.6 Å². The van der Waals surface area contributed by atoms with E-state index in [0.29, 0.717) is 6.04 Å². The molecule has 102 valence electrons. The Morgan fingerprint density at radius 3 is 2.95 bits per heavy atom. The second kappa shape index (κ2) is 6.98. The standard InChI is InChI=1S/C14H18ClN3S/c1-16-12(9-14-17-6-7-18(14)2)10-19-13-5-3-4-11(15)8-13/h3-8,12,16H,9-10H2,1-2H3. The summed E-state index contributed by atoms with van der Waals surface area (Å²) in [6.45, 7) is 0. The first kappa shape index (κ1) is 14.4. The number of nitrogens with zero attached hydrogens (tertiary/aromatic N) is 2. The first-order valence-corrected chi connectivity index (χ1v) is 7.57. The van der Waals surface area contributed by atoms with E-state index < -0.39 is 0 Å². The first-order chi connectivity index (χ1) is 9.19. The van der Waals surface area contributed by atoms with Crippen molar-refractivity contribution in [3.05, 3.63) is 47.5 Å². The molecular weight excluding hydrogens is 278 g/mol. The van der Waals surface area contributed by atoms with Gasteiger partial charge in [0.15, 0.2) is 0 Å². The third-order valence-electron chi connectivity index (χ3n) is 3.01. The van der Waals surface area contributed by atoms with Crippen LogP contribution in [-0.2, 0) is 13.5 Å². The van der Waals surface area contributed by atoms with Gasteiger partial charge in [-0.15, -0.1) is 11.8 Å². The molecule has 1 N–H and O–H groups in total. The smallest absolute Gasteiger partial charge is 0.109 e. The van der Waals surface area contributed by atoms with Crippen LogP contribution < -0.4 is 5.32 Å². The van der Waals surface area contributed by atoms with Gasteiger partial charge < -0.3 is 9.88 Å². The zero-order valence-electron chi connectivity index (χ0n) is 11.1. The number of aryl methyl sites for hydroxylation is 1. The van der Waals surface area contributed by atoms with Gasteiger partial charge in [-0.3, -0.25) is 0 Å². The predicted octanol–water partition coefficient (Wildman–Crippen LogP) is 3.00. The maximum absolute atomic E-state index is 5.99. The van der Waals surface area contributed by atoms with Crippen LogP contribution in [0.5, 0.6) is 0 Å². The van der Waals surface area contributed by atoms with Crippen molar-refractivity contribution in [3.63, 3.8) is 0 Å². The number of halogens is 1. The minimum Gasteiger partial charge on any atom is -0.338 e. The summed E-state index contributed by atoms with van der Waals surface area (Å²) < 4.78 is 2.06. The van der Waals surface area contributed by atoms with Gasteiger partial charge in [-0.25, -0.2) is 4.98 Å². The van der Waals surface area contributed by atoms with E-state index in [0.717, 1.165) is 23.0 Å². The normalized spacial score (nSPS) is 12.6. The highest BCUT2D eigenvalue weighted by molar-refractivity contribution is 7.99. The van der Waals surface area contributed by atoms with Crippen molar-refractivity contribution in [1.29, 1.82) is 0 Å². The maximum atomic E-state index is 5.99. The molecule has 2 aromatic rings. The van der Waals surface area contributed by atoms with Crippen LogP contribution in [0.1, 0.15) is 5.82 Å². The second-order valence-corrected chi connectivity index (χ2v) is 5.94. The highest BCUT2D eigenvalue weighted by atomic mass is 35.5. The van der Waals surface area contributed by atoms with Gasteiger partial charge in [0.25, 0.3) is 0 Å². The lowest BCUT2D eigenvalue weighted by atomic mass is 10.2. The van der Waals surface area contributed by atoms with Gasteiger partial charge in [0.2, 0.25) is 0 Å². The molecule has 0 saturated heterocycles. The summed E-state index contributed by atoms with van der Waals surface area (Å²) >= 11 is 7.80. The zero-order valence-corrected chi connectivity index (χ0v) is 12.7. The van der Waals surface area contributed by atoms with Crippen LogP contribution in [-0.4, -0.2) is 28.4 Å². The van der Waals surface area contributed by atoms with Crippen LogP contribution >= 0.6 is 23.4 Å². The van der Waals surface area contributed by atoms with Crippen molar-refractivity contribution in [3.8, 4) is 0 Å². The fourth-order valence-corrected chi connectivity index (χ4v) is 3.13. The number of hydrogen-bond acceptors (Lipinski definition) is 3. The highest BCUT2D eigenvalue weighted by Crippen LogP contribution is 2.22. The minimum absolute atomic E-state index is 0.394. The van der Waals surface area contributed by atoms with E-state index in [-0.39, 0.29) is 0 Å².